The molecule has 0 saturated heterocycles. The van der Waals surface area contributed by atoms with Crippen molar-refractivity contribution in [2.75, 3.05) is 13.2 Å². The van der Waals surface area contributed by atoms with E-state index in [0.717, 1.165) is 0 Å². The fourth-order valence-electron chi connectivity index (χ4n) is 3.66. The van der Waals surface area contributed by atoms with Crippen molar-refractivity contribution in [3.05, 3.63) is 35.9 Å². The number of nitrogens with two attached hydrogens (primary N) is 1. The number of ether oxygens (including phenoxy) is 2. The Morgan fingerprint density at radius 2 is 1.66 bits per heavy atom. The number of amides is 4. The van der Waals surface area contributed by atoms with Gasteiger partial charge in [0.2, 0.25) is 17.7 Å². The van der Waals surface area contributed by atoms with E-state index < -0.39 is 53.5 Å². The van der Waals surface area contributed by atoms with Crippen molar-refractivity contribution < 1.29 is 33.4 Å². The van der Waals surface area contributed by atoms with Crippen molar-refractivity contribution in [2.45, 2.75) is 91.0 Å². The van der Waals surface area contributed by atoms with Gasteiger partial charge in [-0.05, 0) is 53.0 Å². The lowest BCUT2D eigenvalue weighted by atomic mass is 9.99. The lowest BCUT2D eigenvalue weighted by Gasteiger charge is -2.38. The number of carbonyl (C=O) groups excluding carboxylic acids is 5. The van der Waals surface area contributed by atoms with Gasteiger partial charge >= 0.3 is 12.1 Å². The van der Waals surface area contributed by atoms with Gasteiger partial charge in [0.05, 0.1) is 13.0 Å². The summed E-state index contributed by atoms with van der Waals surface area (Å²) < 4.78 is 10.2. The minimum Gasteiger partial charge on any atom is -0.466 e. The second-order valence-electron chi connectivity index (χ2n) is 9.87. The molecular formula is C27H42N4O7. The van der Waals surface area contributed by atoms with Crippen molar-refractivity contribution in [1.82, 2.24) is 15.5 Å². The van der Waals surface area contributed by atoms with Crippen LogP contribution in [0, 0.1) is 0 Å². The molecule has 0 aromatic heterocycles. The van der Waals surface area contributed by atoms with E-state index in [0.29, 0.717) is 12.0 Å². The molecule has 38 heavy (non-hydrogen) atoms. The Labute approximate surface area is 224 Å². The summed E-state index contributed by atoms with van der Waals surface area (Å²) in [6.07, 6.45) is -0.603. The zero-order valence-electron chi connectivity index (χ0n) is 23.2. The molecule has 11 heteroatoms. The molecule has 4 amide bonds. The van der Waals surface area contributed by atoms with E-state index in [-0.39, 0.29) is 32.4 Å². The van der Waals surface area contributed by atoms with Crippen LogP contribution in [0.4, 0.5) is 4.79 Å². The fourth-order valence-corrected chi connectivity index (χ4v) is 3.66. The molecule has 0 saturated carbocycles. The first-order chi connectivity index (χ1) is 17.8. The Morgan fingerprint density at radius 1 is 1.03 bits per heavy atom. The van der Waals surface area contributed by atoms with Gasteiger partial charge in [0.15, 0.2) is 0 Å². The summed E-state index contributed by atoms with van der Waals surface area (Å²) in [6, 6.07) is 6.04. The van der Waals surface area contributed by atoms with Crippen LogP contribution in [0.1, 0.15) is 78.8 Å². The maximum Gasteiger partial charge on any atom is 0.408 e. The van der Waals surface area contributed by atoms with Gasteiger partial charge in [-0.25, -0.2) is 4.79 Å². The molecule has 3 atom stereocenters. The van der Waals surface area contributed by atoms with Crippen molar-refractivity contribution in [2.24, 2.45) is 5.73 Å². The van der Waals surface area contributed by atoms with E-state index in [9.17, 15) is 24.0 Å². The predicted octanol–water partition coefficient (Wildman–Crippen LogP) is 2.58. The van der Waals surface area contributed by atoms with Crippen LogP contribution in [0.2, 0.25) is 0 Å². The molecule has 4 N–H and O–H groups in total. The highest BCUT2D eigenvalue weighted by atomic mass is 16.6. The molecule has 1 aromatic rings. The zero-order chi connectivity index (χ0) is 28.9. The van der Waals surface area contributed by atoms with Crippen LogP contribution in [0.5, 0.6) is 0 Å². The highest BCUT2D eigenvalue weighted by molar-refractivity contribution is 5.92. The summed E-state index contributed by atoms with van der Waals surface area (Å²) in [5, 5.41) is 5.28. The second kappa shape index (κ2) is 15.6. The molecule has 0 fully saturated rings. The van der Waals surface area contributed by atoms with Gasteiger partial charge in [0.1, 0.15) is 17.7 Å². The number of nitrogens with zero attached hydrogens (tertiary/aromatic N) is 1. The van der Waals surface area contributed by atoms with Crippen LogP contribution >= 0.6 is 0 Å². The number of hydrogen-bond donors (Lipinski definition) is 3. The Hall–Kier alpha value is -3.63. The minimum atomic E-state index is -1.18. The average molecular weight is 535 g/mol. The monoisotopic (exact) mass is 534 g/mol. The van der Waals surface area contributed by atoms with Crippen LogP contribution in [-0.4, -0.2) is 65.5 Å². The highest BCUT2D eigenvalue weighted by Gasteiger charge is 2.38. The summed E-state index contributed by atoms with van der Waals surface area (Å²) in [7, 11) is 0. The van der Waals surface area contributed by atoms with E-state index in [1.54, 1.807) is 65.0 Å². The summed E-state index contributed by atoms with van der Waals surface area (Å²) in [5.41, 5.74) is 5.05. The molecule has 0 aliphatic rings. The fraction of sp³-hybridized carbons (Fsp3) is 0.593. The van der Waals surface area contributed by atoms with E-state index in [1.807, 2.05) is 6.92 Å². The summed E-state index contributed by atoms with van der Waals surface area (Å²) in [6.45, 7) is 10.7. The van der Waals surface area contributed by atoms with Gasteiger partial charge in [-0.2, -0.15) is 0 Å². The minimum absolute atomic E-state index is 0.0186. The van der Waals surface area contributed by atoms with Crippen molar-refractivity contribution in [3.8, 4) is 0 Å². The van der Waals surface area contributed by atoms with Crippen LogP contribution in [0.3, 0.4) is 0 Å². The molecule has 0 bridgehead atoms. The van der Waals surface area contributed by atoms with Crippen LogP contribution in [-0.2, 0) is 28.7 Å². The number of alkyl carbamates (subject to hydrolysis) is 1. The normalized spacial score (nSPS) is 13.4. The Kier molecular flexibility index (Phi) is 13.3. The number of rotatable bonds is 14. The molecule has 0 aliphatic carbocycles. The zero-order valence-corrected chi connectivity index (χ0v) is 23.2. The summed E-state index contributed by atoms with van der Waals surface area (Å²) >= 11 is 0. The number of carbonyl (C=O) groups is 5. The molecular weight excluding hydrogens is 492 g/mol. The van der Waals surface area contributed by atoms with Gasteiger partial charge in [0.25, 0.3) is 0 Å². The maximum absolute atomic E-state index is 14.0. The topological polar surface area (TPSA) is 157 Å². The first kappa shape index (κ1) is 32.4. The molecule has 0 heterocycles. The lowest BCUT2D eigenvalue weighted by molar-refractivity contribution is -0.146. The maximum atomic E-state index is 14.0. The molecule has 3 unspecified atom stereocenters. The van der Waals surface area contributed by atoms with Gasteiger partial charge in [-0.15, -0.1) is 0 Å². The molecule has 11 nitrogen and oxygen atoms in total. The van der Waals surface area contributed by atoms with Crippen LogP contribution < -0.4 is 16.4 Å². The first-order valence-corrected chi connectivity index (χ1v) is 12.9. The summed E-state index contributed by atoms with van der Waals surface area (Å²) in [5.74, 6) is -2.16. The Balaban J connectivity index is 3.39. The average Bonchev–Trinajstić information content (AvgIpc) is 2.83. The Bertz CT molecular complexity index is 946. The highest BCUT2D eigenvalue weighted by Crippen LogP contribution is 2.26. The number of nitrogens with one attached hydrogen (secondary N) is 2. The van der Waals surface area contributed by atoms with Crippen molar-refractivity contribution >= 4 is 29.8 Å². The lowest BCUT2D eigenvalue weighted by Crippen LogP contribution is -2.55. The predicted molar refractivity (Wildman–Crippen MR) is 142 cm³/mol. The third-order valence-electron chi connectivity index (χ3n) is 5.56. The van der Waals surface area contributed by atoms with Gasteiger partial charge < -0.3 is 30.7 Å². The van der Waals surface area contributed by atoms with Crippen LogP contribution in [0.15, 0.2) is 30.3 Å². The van der Waals surface area contributed by atoms with E-state index in [2.05, 4.69) is 10.6 Å². The molecule has 1 rings (SSSR count). The molecule has 212 valence electrons. The second-order valence-corrected chi connectivity index (χ2v) is 9.87. The smallest absolute Gasteiger partial charge is 0.408 e. The Morgan fingerprint density at radius 3 is 2.18 bits per heavy atom. The third-order valence-corrected chi connectivity index (χ3v) is 5.56. The van der Waals surface area contributed by atoms with Crippen molar-refractivity contribution in [3.63, 3.8) is 0 Å². The number of benzene rings is 1. The van der Waals surface area contributed by atoms with Gasteiger partial charge in [-0.1, -0.05) is 37.3 Å². The molecule has 0 spiro atoms. The quantitative estimate of drug-likeness (QED) is 0.310. The standard InChI is InChI=1S/C27H42N4O7/c1-7-18(3)31(25(35)20(14-15-21(28)32)30-26(36)38-27(4,5)6)23(19-12-10-9-11-13-19)24(34)29-17-16-22(33)37-8-2/h9-13,18,20,23H,7-8,14-17H2,1-6H3,(H2,28,32)(H,29,34)(H,30,36). The number of hydrogen-bond acceptors (Lipinski definition) is 7. The molecule has 0 radical (unpaired) electrons. The number of primary amides is 1. The molecule has 0 aliphatic heterocycles. The SMILES string of the molecule is CCOC(=O)CCNC(=O)C(c1ccccc1)N(C(=O)C(CCC(N)=O)NC(=O)OC(C)(C)C)C(C)CC. The van der Waals surface area contributed by atoms with E-state index in [1.165, 1.54) is 4.90 Å². The number of esters is 1. The third kappa shape index (κ3) is 11.2. The van der Waals surface area contributed by atoms with Gasteiger partial charge in [0, 0.05) is 19.0 Å². The summed E-state index contributed by atoms with van der Waals surface area (Å²) in [4.78, 5) is 64.8. The largest absolute Gasteiger partial charge is 0.466 e. The van der Waals surface area contributed by atoms with Crippen LogP contribution in [0.25, 0.3) is 0 Å². The van der Waals surface area contributed by atoms with Crippen molar-refractivity contribution in [1.29, 1.82) is 0 Å². The molecule has 1 aromatic carbocycles. The van der Waals surface area contributed by atoms with E-state index >= 15 is 0 Å². The first-order valence-electron chi connectivity index (χ1n) is 12.9. The van der Waals surface area contributed by atoms with E-state index in [4.69, 9.17) is 15.2 Å². The van der Waals surface area contributed by atoms with Gasteiger partial charge in [-0.3, -0.25) is 19.2 Å².